The van der Waals surface area contributed by atoms with Crippen LogP contribution in [-0.2, 0) is 0 Å². The van der Waals surface area contributed by atoms with E-state index in [0.29, 0.717) is 0 Å². The highest BCUT2D eigenvalue weighted by atomic mass is 15.3. The molecule has 0 aliphatic heterocycles. The molecule has 2 rings (SSSR count). The van der Waals surface area contributed by atoms with Crippen molar-refractivity contribution in [2.24, 2.45) is 5.73 Å². The van der Waals surface area contributed by atoms with E-state index in [4.69, 9.17) is 11.1 Å². The van der Waals surface area contributed by atoms with Crippen LogP contribution < -0.4 is 5.73 Å². The van der Waals surface area contributed by atoms with Crippen LogP contribution in [0.1, 0.15) is 0 Å². The van der Waals surface area contributed by atoms with E-state index in [1.165, 1.54) is 4.68 Å². The van der Waals surface area contributed by atoms with Crippen LogP contribution in [-0.4, -0.2) is 15.7 Å². The number of nitrogen functional groups attached to an aromatic ring is 1. The second-order valence-electron chi connectivity index (χ2n) is 2.88. The predicted octanol–water partition coefficient (Wildman–Crippen LogP) is 1.29. The van der Waals surface area contributed by atoms with E-state index in [1.807, 2.05) is 36.4 Å². The minimum Gasteiger partial charge on any atom is -0.368 e. The molecule has 0 bridgehead atoms. The van der Waals surface area contributed by atoms with E-state index >= 15 is 0 Å². The van der Waals surface area contributed by atoms with Crippen molar-refractivity contribution in [1.29, 1.82) is 5.41 Å². The smallest absolute Gasteiger partial charge is 0.214 e. The first kappa shape index (κ1) is 8.50. The van der Waals surface area contributed by atoms with Crippen LogP contribution in [0.15, 0.2) is 42.6 Å². The molecule has 0 aliphatic carbocycles. The number of nitrogens with one attached hydrogen (secondary N) is 1. The molecule has 1 aromatic carbocycles. The third-order valence-corrected chi connectivity index (χ3v) is 1.94. The van der Waals surface area contributed by atoms with Gasteiger partial charge in [-0.1, -0.05) is 30.3 Å². The Hall–Kier alpha value is -2.10. The van der Waals surface area contributed by atoms with Crippen molar-refractivity contribution in [2.45, 2.75) is 0 Å². The number of benzene rings is 1. The van der Waals surface area contributed by atoms with Gasteiger partial charge in [-0.15, -0.1) is 0 Å². The second kappa shape index (κ2) is 3.33. The van der Waals surface area contributed by atoms with E-state index in [-0.39, 0.29) is 5.96 Å². The maximum Gasteiger partial charge on any atom is 0.214 e. The van der Waals surface area contributed by atoms with Gasteiger partial charge in [0.2, 0.25) is 5.96 Å². The first-order valence-electron chi connectivity index (χ1n) is 4.23. The third kappa shape index (κ3) is 1.37. The van der Waals surface area contributed by atoms with Gasteiger partial charge in [0.1, 0.15) is 0 Å². The molecular formula is C10H10N4. The Bertz CT molecular complexity index is 444. The normalized spacial score (nSPS) is 10.0. The SMILES string of the molecule is N=C(N)n1nccc1-c1ccccc1. The monoisotopic (exact) mass is 186 g/mol. The van der Waals surface area contributed by atoms with Crippen LogP contribution in [0.3, 0.4) is 0 Å². The summed E-state index contributed by atoms with van der Waals surface area (Å²) in [6, 6.07) is 11.6. The van der Waals surface area contributed by atoms with Gasteiger partial charge in [0.15, 0.2) is 0 Å². The van der Waals surface area contributed by atoms with E-state index in [9.17, 15) is 0 Å². The molecule has 0 saturated heterocycles. The van der Waals surface area contributed by atoms with Crippen LogP contribution >= 0.6 is 0 Å². The van der Waals surface area contributed by atoms with Crippen molar-refractivity contribution in [3.05, 3.63) is 42.6 Å². The second-order valence-corrected chi connectivity index (χ2v) is 2.88. The van der Waals surface area contributed by atoms with Crippen LogP contribution in [0.4, 0.5) is 0 Å². The molecule has 0 saturated carbocycles. The molecule has 3 N–H and O–H groups in total. The lowest BCUT2D eigenvalue weighted by Crippen LogP contribution is -2.22. The van der Waals surface area contributed by atoms with Gasteiger partial charge in [-0.3, -0.25) is 5.41 Å². The summed E-state index contributed by atoms with van der Waals surface area (Å²) in [6.45, 7) is 0. The van der Waals surface area contributed by atoms with Crippen LogP contribution in [0.2, 0.25) is 0 Å². The zero-order valence-corrected chi connectivity index (χ0v) is 7.51. The summed E-state index contributed by atoms with van der Waals surface area (Å²) in [5.74, 6) is -0.0751. The van der Waals surface area contributed by atoms with Crippen molar-refractivity contribution in [3.63, 3.8) is 0 Å². The topological polar surface area (TPSA) is 67.7 Å². The van der Waals surface area contributed by atoms with Gasteiger partial charge in [0.25, 0.3) is 0 Å². The number of rotatable bonds is 1. The highest BCUT2D eigenvalue weighted by molar-refractivity contribution is 5.81. The Morgan fingerprint density at radius 3 is 2.57 bits per heavy atom. The summed E-state index contributed by atoms with van der Waals surface area (Å²) in [5, 5.41) is 11.3. The summed E-state index contributed by atoms with van der Waals surface area (Å²) in [7, 11) is 0. The van der Waals surface area contributed by atoms with E-state index in [1.54, 1.807) is 6.20 Å². The highest BCUT2D eigenvalue weighted by Gasteiger charge is 2.05. The molecule has 14 heavy (non-hydrogen) atoms. The molecule has 0 amide bonds. The molecule has 0 unspecified atom stereocenters. The number of nitrogens with two attached hydrogens (primary N) is 1. The molecule has 70 valence electrons. The predicted molar refractivity (Wildman–Crippen MR) is 55.0 cm³/mol. The zero-order chi connectivity index (χ0) is 9.97. The van der Waals surface area contributed by atoms with Gasteiger partial charge in [-0.05, 0) is 6.07 Å². The molecule has 0 fully saturated rings. The fourth-order valence-corrected chi connectivity index (χ4v) is 1.32. The lowest BCUT2D eigenvalue weighted by molar-refractivity contribution is 0.918. The summed E-state index contributed by atoms with van der Waals surface area (Å²) in [6.07, 6.45) is 1.63. The van der Waals surface area contributed by atoms with Crippen LogP contribution in [0.25, 0.3) is 11.3 Å². The third-order valence-electron chi connectivity index (χ3n) is 1.94. The number of hydrogen-bond acceptors (Lipinski definition) is 2. The van der Waals surface area contributed by atoms with Gasteiger partial charge in [-0.25, -0.2) is 4.68 Å². The van der Waals surface area contributed by atoms with Gasteiger partial charge >= 0.3 is 0 Å². The summed E-state index contributed by atoms with van der Waals surface area (Å²) >= 11 is 0. The highest BCUT2D eigenvalue weighted by Crippen LogP contribution is 2.17. The average molecular weight is 186 g/mol. The van der Waals surface area contributed by atoms with Gasteiger partial charge in [-0.2, -0.15) is 5.10 Å². The van der Waals surface area contributed by atoms with Crippen LogP contribution in [0.5, 0.6) is 0 Å². The number of aromatic nitrogens is 2. The minimum absolute atomic E-state index is 0.0751. The largest absolute Gasteiger partial charge is 0.368 e. The van der Waals surface area contributed by atoms with Gasteiger partial charge in [0, 0.05) is 5.56 Å². The minimum atomic E-state index is -0.0751. The summed E-state index contributed by atoms with van der Waals surface area (Å²) in [4.78, 5) is 0. The molecule has 4 nitrogen and oxygen atoms in total. The number of nitrogens with zero attached hydrogens (tertiary/aromatic N) is 2. The molecule has 4 heteroatoms. The van der Waals surface area contributed by atoms with Gasteiger partial charge < -0.3 is 5.73 Å². The maximum atomic E-state index is 7.32. The Morgan fingerprint density at radius 1 is 1.21 bits per heavy atom. The standard InChI is InChI=1S/C10H10N4/c11-10(12)14-9(6-7-13-14)8-4-2-1-3-5-8/h1-7H,(H3,11,12). The first-order chi connectivity index (χ1) is 6.79. The molecule has 0 spiro atoms. The van der Waals surface area contributed by atoms with Crippen molar-refractivity contribution in [1.82, 2.24) is 9.78 Å². The number of hydrogen-bond donors (Lipinski definition) is 2. The summed E-state index contributed by atoms with van der Waals surface area (Å²) < 4.78 is 1.40. The van der Waals surface area contributed by atoms with Crippen molar-refractivity contribution in [2.75, 3.05) is 0 Å². The average Bonchev–Trinajstić information content (AvgIpc) is 2.67. The molecule has 2 aromatic rings. The lowest BCUT2D eigenvalue weighted by atomic mass is 10.1. The van der Waals surface area contributed by atoms with Crippen molar-refractivity contribution < 1.29 is 0 Å². The molecule has 1 aromatic heterocycles. The van der Waals surface area contributed by atoms with E-state index in [2.05, 4.69) is 5.10 Å². The maximum absolute atomic E-state index is 7.32. The fourth-order valence-electron chi connectivity index (χ4n) is 1.32. The summed E-state index contributed by atoms with van der Waals surface area (Å²) in [5.41, 5.74) is 7.21. The Kier molecular flexibility index (Phi) is 2.02. The first-order valence-corrected chi connectivity index (χ1v) is 4.23. The zero-order valence-electron chi connectivity index (χ0n) is 7.51. The molecule has 0 radical (unpaired) electrons. The quantitative estimate of drug-likeness (QED) is 0.520. The molecule has 1 heterocycles. The fraction of sp³-hybridized carbons (Fsp3) is 0. The molecular weight excluding hydrogens is 176 g/mol. The van der Waals surface area contributed by atoms with Crippen LogP contribution in [0, 0.1) is 5.41 Å². The Labute approximate surface area is 81.5 Å². The van der Waals surface area contributed by atoms with Gasteiger partial charge in [0.05, 0.1) is 11.9 Å². The Balaban J connectivity index is 2.52. The van der Waals surface area contributed by atoms with Crippen molar-refractivity contribution >= 4 is 5.96 Å². The molecule has 0 aliphatic rings. The molecule has 0 atom stereocenters. The van der Waals surface area contributed by atoms with Crippen molar-refractivity contribution in [3.8, 4) is 11.3 Å². The van der Waals surface area contributed by atoms with E-state index < -0.39 is 0 Å². The van der Waals surface area contributed by atoms with E-state index in [0.717, 1.165) is 11.3 Å². The Morgan fingerprint density at radius 2 is 1.93 bits per heavy atom. The lowest BCUT2D eigenvalue weighted by Gasteiger charge is -2.03.